The third kappa shape index (κ3) is 1.98. The molecule has 88 valence electrons. The molecular formula is C11H10N2O4. The second kappa shape index (κ2) is 4.26. The van der Waals surface area contributed by atoms with E-state index in [1.54, 1.807) is 18.2 Å². The van der Waals surface area contributed by atoms with Crippen LogP contribution in [-0.2, 0) is 0 Å². The molecule has 1 aromatic carbocycles. The van der Waals surface area contributed by atoms with Gasteiger partial charge in [0.05, 0.1) is 7.11 Å². The van der Waals surface area contributed by atoms with Crippen LogP contribution in [0.3, 0.4) is 0 Å². The summed E-state index contributed by atoms with van der Waals surface area (Å²) in [6, 6.07) is 6.32. The summed E-state index contributed by atoms with van der Waals surface area (Å²) in [4.78, 5) is 22.8. The number of benzene rings is 1. The molecule has 6 heteroatoms. The van der Waals surface area contributed by atoms with Crippen LogP contribution in [0, 0.1) is 0 Å². The zero-order chi connectivity index (χ0) is 12.4. The van der Waals surface area contributed by atoms with Crippen molar-refractivity contribution in [1.29, 1.82) is 0 Å². The topological polar surface area (TPSA) is 94.6 Å². The number of ether oxygens (including phenoxy) is 1. The van der Waals surface area contributed by atoms with Gasteiger partial charge in [-0.2, -0.15) is 0 Å². The highest BCUT2D eigenvalue weighted by molar-refractivity contribution is 5.96. The normalized spacial score (nSPS) is 10.2. The molecule has 17 heavy (non-hydrogen) atoms. The largest absolute Gasteiger partial charge is 0.497 e. The fraction of sp³-hybridized carbons (Fsp3) is 0.0909. The van der Waals surface area contributed by atoms with Gasteiger partial charge in [-0.05, 0) is 24.3 Å². The van der Waals surface area contributed by atoms with Crippen LogP contribution >= 0.6 is 0 Å². The van der Waals surface area contributed by atoms with Crippen LogP contribution in [-0.4, -0.2) is 13.0 Å². The van der Waals surface area contributed by atoms with Crippen molar-refractivity contribution >= 4 is 16.9 Å². The van der Waals surface area contributed by atoms with Crippen LogP contribution in [0.15, 0.2) is 33.5 Å². The first-order valence-corrected chi connectivity index (χ1v) is 4.78. The second-order valence-corrected chi connectivity index (χ2v) is 3.32. The summed E-state index contributed by atoms with van der Waals surface area (Å²) < 4.78 is 10.0. The van der Waals surface area contributed by atoms with E-state index < -0.39 is 11.5 Å². The van der Waals surface area contributed by atoms with E-state index >= 15 is 0 Å². The summed E-state index contributed by atoms with van der Waals surface area (Å²) in [5.74, 6) is 4.88. The van der Waals surface area contributed by atoms with Crippen molar-refractivity contribution in [1.82, 2.24) is 5.43 Å². The van der Waals surface area contributed by atoms with Gasteiger partial charge in [-0.3, -0.25) is 10.2 Å². The molecule has 0 unspecified atom stereocenters. The minimum atomic E-state index is -0.731. The molecule has 0 bridgehead atoms. The summed E-state index contributed by atoms with van der Waals surface area (Å²) in [5, 5.41) is 0.586. The number of nitrogens with two attached hydrogens (primary N) is 1. The molecule has 0 atom stereocenters. The fourth-order valence-corrected chi connectivity index (χ4v) is 1.46. The van der Waals surface area contributed by atoms with E-state index in [1.165, 1.54) is 13.2 Å². The predicted molar refractivity (Wildman–Crippen MR) is 60.7 cm³/mol. The Morgan fingerprint density at radius 1 is 1.41 bits per heavy atom. The number of amides is 1. The molecule has 0 spiro atoms. The summed E-state index contributed by atoms with van der Waals surface area (Å²) in [7, 11) is 1.52. The minimum Gasteiger partial charge on any atom is -0.497 e. The molecule has 0 saturated carbocycles. The number of nitrogen functional groups attached to an aromatic ring is 1. The number of hydrazine groups is 1. The maximum Gasteiger partial charge on any atom is 0.349 e. The summed E-state index contributed by atoms with van der Waals surface area (Å²) in [6.45, 7) is 0. The molecule has 3 N–H and O–H groups in total. The van der Waals surface area contributed by atoms with Crippen LogP contribution in [0.4, 0.5) is 0 Å². The quantitative estimate of drug-likeness (QED) is 0.339. The number of carbonyl (C=O) groups excluding carboxylic acids is 1. The van der Waals surface area contributed by atoms with E-state index in [1.807, 2.05) is 5.43 Å². The second-order valence-electron chi connectivity index (χ2n) is 3.32. The Morgan fingerprint density at radius 2 is 2.18 bits per heavy atom. The van der Waals surface area contributed by atoms with Gasteiger partial charge in [0, 0.05) is 5.39 Å². The molecule has 0 aliphatic heterocycles. The molecule has 1 amide bonds. The van der Waals surface area contributed by atoms with Crippen LogP contribution in [0.5, 0.6) is 5.75 Å². The van der Waals surface area contributed by atoms with Gasteiger partial charge < -0.3 is 9.15 Å². The molecule has 1 aromatic heterocycles. The highest BCUT2D eigenvalue weighted by Crippen LogP contribution is 2.20. The summed E-state index contributed by atoms with van der Waals surface area (Å²) in [6.07, 6.45) is 0. The smallest absolute Gasteiger partial charge is 0.349 e. The summed E-state index contributed by atoms with van der Waals surface area (Å²) >= 11 is 0. The number of fused-ring (bicyclic) bond motifs is 1. The molecule has 0 aliphatic rings. The molecule has 6 nitrogen and oxygen atoms in total. The Balaban J connectivity index is 2.68. The average Bonchev–Trinajstić information content (AvgIpc) is 2.36. The van der Waals surface area contributed by atoms with Crippen LogP contribution in [0.2, 0.25) is 0 Å². The molecule has 0 fully saturated rings. The maximum absolute atomic E-state index is 11.5. The molecule has 0 aliphatic carbocycles. The van der Waals surface area contributed by atoms with Gasteiger partial charge in [-0.1, -0.05) is 0 Å². The third-order valence-electron chi connectivity index (χ3n) is 2.32. The molecule has 0 saturated heterocycles. The molecule has 0 radical (unpaired) electrons. The Hall–Kier alpha value is -2.34. The highest BCUT2D eigenvalue weighted by atomic mass is 16.5. The first-order valence-electron chi connectivity index (χ1n) is 4.78. The first-order chi connectivity index (χ1) is 8.15. The standard InChI is InChI=1S/C11H10N2O4/c1-16-7-2-3-9-6(4-7)5-8(10(14)13-12)11(15)17-9/h2-5H,12H2,1H3,(H,13,14). The predicted octanol–water partition coefficient (Wildman–Crippen LogP) is 0.405. The lowest BCUT2D eigenvalue weighted by molar-refractivity contribution is 0.0950. The fourth-order valence-electron chi connectivity index (χ4n) is 1.46. The van der Waals surface area contributed by atoms with Gasteiger partial charge >= 0.3 is 5.63 Å². The first kappa shape index (κ1) is 11.2. The van der Waals surface area contributed by atoms with Gasteiger partial charge in [0.1, 0.15) is 16.9 Å². The lowest BCUT2D eigenvalue weighted by atomic mass is 10.1. The van der Waals surface area contributed by atoms with Gasteiger partial charge in [-0.15, -0.1) is 0 Å². The number of methoxy groups -OCH3 is 1. The summed E-state index contributed by atoms with van der Waals surface area (Å²) in [5.41, 5.74) is 1.39. The molecular weight excluding hydrogens is 224 g/mol. The van der Waals surface area contributed by atoms with Crippen molar-refractivity contribution in [3.8, 4) is 5.75 Å². The SMILES string of the molecule is COc1ccc2oc(=O)c(C(=O)NN)cc2c1. The maximum atomic E-state index is 11.5. The number of nitrogens with one attached hydrogen (secondary N) is 1. The zero-order valence-electron chi connectivity index (χ0n) is 9.02. The van der Waals surface area contributed by atoms with E-state index in [0.717, 1.165) is 0 Å². The van der Waals surface area contributed by atoms with E-state index in [4.69, 9.17) is 15.0 Å². The monoisotopic (exact) mass is 234 g/mol. The zero-order valence-corrected chi connectivity index (χ0v) is 9.02. The lowest BCUT2D eigenvalue weighted by Crippen LogP contribution is -2.33. The van der Waals surface area contributed by atoms with Crippen molar-refractivity contribution in [3.63, 3.8) is 0 Å². The van der Waals surface area contributed by atoms with Crippen molar-refractivity contribution in [2.45, 2.75) is 0 Å². The van der Waals surface area contributed by atoms with E-state index in [-0.39, 0.29) is 5.56 Å². The minimum absolute atomic E-state index is 0.145. The van der Waals surface area contributed by atoms with E-state index in [2.05, 4.69) is 0 Å². The van der Waals surface area contributed by atoms with E-state index in [9.17, 15) is 9.59 Å². The average molecular weight is 234 g/mol. The van der Waals surface area contributed by atoms with Crippen molar-refractivity contribution in [2.75, 3.05) is 7.11 Å². The number of hydrogen-bond acceptors (Lipinski definition) is 5. The molecule has 2 rings (SSSR count). The lowest BCUT2D eigenvalue weighted by Gasteiger charge is -2.03. The molecule has 2 aromatic rings. The number of hydrogen-bond donors (Lipinski definition) is 2. The van der Waals surface area contributed by atoms with Crippen LogP contribution in [0.25, 0.3) is 11.0 Å². The van der Waals surface area contributed by atoms with Crippen LogP contribution < -0.4 is 21.6 Å². The van der Waals surface area contributed by atoms with Crippen LogP contribution in [0.1, 0.15) is 10.4 Å². The van der Waals surface area contributed by atoms with E-state index in [0.29, 0.717) is 16.7 Å². The number of rotatable bonds is 2. The number of carbonyl (C=O) groups is 1. The Morgan fingerprint density at radius 3 is 2.82 bits per heavy atom. The Bertz CT molecular complexity index is 633. The van der Waals surface area contributed by atoms with Crippen molar-refractivity contribution in [2.24, 2.45) is 5.84 Å². The highest BCUT2D eigenvalue weighted by Gasteiger charge is 2.12. The van der Waals surface area contributed by atoms with Crippen molar-refractivity contribution < 1.29 is 13.9 Å². The van der Waals surface area contributed by atoms with Gasteiger partial charge in [-0.25, -0.2) is 10.6 Å². The van der Waals surface area contributed by atoms with Crippen molar-refractivity contribution in [3.05, 3.63) is 40.2 Å². The Kier molecular flexibility index (Phi) is 2.80. The van der Waals surface area contributed by atoms with Gasteiger partial charge in [0.15, 0.2) is 0 Å². The van der Waals surface area contributed by atoms with Gasteiger partial charge in [0.2, 0.25) is 0 Å². The van der Waals surface area contributed by atoms with Gasteiger partial charge in [0.25, 0.3) is 5.91 Å². The molecule has 1 heterocycles. The Labute approximate surface area is 95.9 Å². The third-order valence-corrected chi connectivity index (χ3v) is 2.32.